The molecule has 1 N–H and O–H groups in total. The zero-order valence-corrected chi connectivity index (χ0v) is 11.7. The highest BCUT2D eigenvalue weighted by atomic mass is 35.5. The van der Waals surface area contributed by atoms with Gasteiger partial charge < -0.3 is 0 Å². The van der Waals surface area contributed by atoms with Gasteiger partial charge in [0.25, 0.3) is 0 Å². The van der Waals surface area contributed by atoms with Gasteiger partial charge in [0.2, 0.25) is 0 Å². The Kier molecular flexibility index (Phi) is 4.98. The van der Waals surface area contributed by atoms with E-state index in [-0.39, 0.29) is 0 Å². The van der Waals surface area contributed by atoms with E-state index in [1.165, 1.54) is 12.3 Å². The van der Waals surface area contributed by atoms with Crippen LogP contribution < -0.4 is 5.32 Å². The Morgan fingerprint density at radius 3 is 2.55 bits per heavy atom. The van der Waals surface area contributed by atoms with Crippen molar-refractivity contribution in [3.63, 3.8) is 0 Å². The quantitative estimate of drug-likeness (QED) is 0.513. The molecule has 0 aliphatic heterocycles. The van der Waals surface area contributed by atoms with Crippen molar-refractivity contribution >= 4 is 41.2 Å². The molecule has 0 bridgehead atoms. The average molecular weight is 309 g/mol. The van der Waals surface area contributed by atoms with Gasteiger partial charge in [-0.2, -0.15) is 0 Å². The Labute approximate surface area is 125 Å². The molecule has 102 valence electrons. The van der Waals surface area contributed by atoms with Crippen molar-refractivity contribution in [1.82, 2.24) is 0 Å². The topological polar surface area (TPSA) is 50.7 Å². The summed E-state index contributed by atoms with van der Waals surface area (Å²) in [5, 5.41) is 6.81. The van der Waals surface area contributed by atoms with Crippen LogP contribution >= 0.6 is 23.2 Å². The third-order valence-corrected chi connectivity index (χ3v) is 3.04. The Morgan fingerprint density at radius 2 is 1.85 bits per heavy atom. The lowest BCUT2D eigenvalue weighted by molar-refractivity contribution is 0.167. The second-order valence-electron chi connectivity index (χ2n) is 3.78. The van der Waals surface area contributed by atoms with Crippen LogP contribution in [0.3, 0.4) is 0 Å². The summed E-state index contributed by atoms with van der Waals surface area (Å²) in [5.74, 6) is 0. The molecule has 0 radical (unpaired) electrons. The van der Waals surface area contributed by atoms with Crippen LogP contribution in [-0.4, -0.2) is 12.3 Å². The molecule has 2 aromatic rings. The molecule has 6 heteroatoms. The molecule has 0 saturated carbocycles. The van der Waals surface area contributed by atoms with E-state index in [4.69, 9.17) is 23.2 Å². The van der Waals surface area contributed by atoms with Crippen LogP contribution in [-0.2, 0) is 4.84 Å². The molecule has 0 saturated heterocycles. The smallest absolute Gasteiger partial charge is 0.298 e. The minimum absolute atomic E-state index is 0.345. The number of nitrogens with zero attached hydrogens (tertiary/aromatic N) is 1. The van der Waals surface area contributed by atoms with Crippen molar-refractivity contribution in [1.29, 1.82) is 0 Å². The fourth-order valence-corrected chi connectivity index (χ4v) is 1.69. The van der Waals surface area contributed by atoms with Crippen LogP contribution in [0.15, 0.2) is 53.7 Å². The van der Waals surface area contributed by atoms with Crippen LogP contribution in [0.1, 0.15) is 5.56 Å². The molecule has 0 spiro atoms. The number of nitrogens with one attached hydrogen (secondary N) is 1. The first-order valence-electron chi connectivity index (χ1n) is 5.66. The summed E-state index contributed by atoms with van der Waals surface area (Å²) in [6, 6.07) is 14.0. The van der Waals surface area contributed by atoms with E-state index in [1.54, 1.807) is 12.1 Å². The number of hydrogen-bond acceptors (Lipinski definition) is 3. The average Bonchev–Trinajstić information content (AvgIpc) is 2.44. The van der Waals surface area contributed by atoms with Crippen molar-refractivity contribution in [3.05, 3.63) is 64.1 Å². The van der Waals surface area contributed by atoms with E-state index in [0.29, 0.717) is 15.7 Å². The van der Waals surface area contributed by atoms with Crippen LogP contribution in [0.2, 0.25) is 10.0 Å². The maximum Gasteiger partial charge on any atom is 0.437 e. The largest absolute Gasteiger partial charge is 0.437 e. The molecule has 4 nitrogen and oxygen atoms in total. The van der Waals surface area contributed by atoms with Gasteiger partial charge in [0.1, 0.15) is 0 Å². The van der Waals surface area contributed by atoms with Gasteiger partial charge in [0, 0.05) is 5.69 Å². The number of amides is 1. The van der Waals surface area contributed by atoms with Crippen LogP contribution in [0.25, 0.3) is 0 Å². The molecule has 20 heavy (non-hydrogen) atoms. The molecule has 1 amide bonds. The first-order chi connectivity index (χ1) is 9.65. The fourth-order valence-electron chi connectivity index (χ4n) is 1.39. The first-order valence-corrected chi connectivity index (χ1v) is 6.42. The summed E-state index contributed by atoms with van der Waals surface area (Å²) in [6.07, 6.45) is 0.726. The minimum atomic E-state index is -0.712. The van der Waals surface area contributed by atoms with Gasteiger partial charge in [-0.1, -0.05) is 58.7 Å². The maximum absolute atomic E-state index is 11.5. The molecule has 0 atom stereocenters. The Balaban J connectivity index is 1.89. The first kappa shape index (κ1) is 14.4. The van der Waals surface area contributed by atoms with Crippen LogP contribution in [0.5, 0.6) is 0 Å². The van der Waals surface area contributed by atoms with Gasteiger partial charge in [-0.05, 0) is 23.8 Å². The van der Waals surface area contributed by atoms with E-state index < -0.39 is 6.09 Å². The third-order valence-electron chi connectivity index (χ3n) is 2.30. The Bertz CT molecular complexity index is 630. The SMILES string of the molecule is O=C(Nc1ccc(Cl)c(Cl)c1)O/N=C\c1ccccc1. The molecule has 0 unspecified atom stereocenters. The molecular formula is C14H10Cl2N2O2. The summed E-state index contributed by atoms with van der Waals surface area (Å²) >= 11 is 11.6. The summed E-state index contributed by atoms with van der Waals surface area (Å²) < 4.78 is 0. The molecular weight excluding hydrogens is 299 g/mol. The van der Waals surface area contributed by atoms with Gasteiger partial charge in [0.15, 0.2) is 0 Å². The minimum Gasteiger partial charge on any atom is -0.298 e. The van der Waals surface area contributed by atoms with E-state index in [1.807, 2.05) is 30.3 Å². The number of carbonyl (C=O) groups excluding carboxylic acids is 1. The summed E-state index contributed by atoms with van der Waals surface area (Å²) in [5.41, 5.74) is 1.30. The second kappa shape index (κ2) is 6.93. The predicted octanol–water partition coefficient (Wildman–Crippen LogP) is 4.58. The number of halogens is 2. The highest BCUT2D eigenvalue weighted by molar-refractivity contribution is 6.42. The third kappa shape index (κ3) is 4.26. The number of oxime groups is 1. The fraction of sp³-hybridized carbons (Fsp3) is 0. The van der Waals surface area contributed by atoms with E-state index in [2.05, 4.69) is 15.3 Å². The Hall–Kier alpha value is -2.04. The molecule has 0 aromatic heterocycles. The van der Waals surface area contributed by atoms with E-state index >= 15 is 0 Å². The van der Waals surface area contributed by atoms with Crippen molar-refractivity contribution < 1.29 is 9.63 Å². The van der Waals surface area contributed by atoms with E-state index in [0.717, 1.165) is 5.56 Å². The lowest BCUT2D eigenvalue weighted by Gasteiger charge is -2.03. The van der Waals surface area contributed by atoms with Crippen molar-refractivity contribution in [3.8, 4) is 0 Å². The van der Waals surface area contributed by atoms with Gasteiger partial charge in [0.05, 0.1) is 16.3 Å². The van der Waals surface area contributed by atoms with Gasteiger partial charge in [-0.3, -0.25) is 10.2 Å². The van der Waals surface area contributed by atoms with Gasteiger partial charge >= 0.3 is 6.09 Å². The Morgan fingerprint density at radius 1 is 1.10 bits per heavy atom. The van der Waals surface area contributed by atoms with Crippen molar-refractivity contribution in [2.75, 3.05) is 5.32 Å². The molecule has 2 aromatic carbocycles. The predicted molar refractivity (Wildman–Crippen MR) is 80.6 cm³/mol. The zero-order chi connectivity index (χ0) is 14.4. The number of rotatable bonds is 3. The molecule has 0 heterocycles. The summed E-state index contributed by atoms with van der Waals surface area (Å²) in [6.45, 7) is 0. The number of carbonyl (C=O) groups is 1. The number of benzene rings is 2. The highest BCUT2D eigenvalue weighted by Gasteiger charge is 2.04. The lowest BCUT2D eigenvalue weighted by Crippen LogP contribution is -2.10. The van der Waals surface area contributed by atoms with Gasteiger partial charge in [-0.25, -0.2) is 4.79 Å². The normalized spacial score (nSPS) is 10.5. The summed E-state index contributed by atoms with van der Waals surface area (Å²) in [4.78, 5) is 16.1. The van der Waals surface area contributed by atoms with Crippen LogP contribution in [0.4, 0.5) is 10.5 Å². The van der Waals surface area contributed by atoms with Gasteiger partial charge in [-0.15, -0.1) is 0 Å². The molecule has 0 aliphatic rings. The monoisotopic (exact) mass is 308 g/mol. The molecule has 0 fully saturated rings. The highest BCUT2D eigenvalue weighted by Crippen LogP contribution is 2.24. The molecule has 2 rings (SSSR count). The van der Waals surface area contributed by atoms with Crippen molar-refractivity contribution in [2.45, 2.75) is 0 Å². The lowest BCUT2D eigenvalue weighted by atomic mass is 10.2. The number of hydrogen-bond donors (Lipinski definition) is 1. The second-order valence-corrected chi connectivity index (χ2v) is 4.59. The molecule has 0 aliphatic carbocycles. The number of anilines is 1. The summed E-state index contributed by atoms with van der Waals surface area (Å²) in [7, 11) is 0. The van der Waals surface area contributed by atoms with E-state index in [9.17, 15) is 4.79 Å². The maximum atomic E-state index is 11.5. The standard InChI is InChI=1S/C14H10Cl2N2O2/c15-12-7-6-11(8-13(12)16)18-14(19)20-17-9-10-4-2-1-3-5-10/h1-9H,(H,18,19)/b17-9-. The van der Waals surface area contributed by atoms with Crippen molar-refractivity contribution in [2.24, 2.45) is 5.16 Å². The zero-order valence-electron chi connectivity index (χ0n) is 10.2. The van der Waals surface area contributed by atoms with Crippen LogP contribution in [0, 0.1) is 0 Å².